The van der Waals surface area contributed by atoms with Crippen LogP contribution in [0.25, 0.3) is 0 Å². The van der Waals surface area contributed by atoms with Gasteiger partial charge in [0.25, 0.3) is 0 Å². The van der Waals surface area contributed by atoms with E-state index in [1.807, 2.05) is 49.4 Å². The molecule has 8 heteroatoms. The standard InChI is InChI=1S/C23H25N5O3/c1-4-21(29)25-18-6-5-7-19(14-18)26-22-16(2)15-24-23(28-22)27-17-8-10-20(11-9-17)31-13-12-30-3/h4-11,14-15H,1,12-13H2,2-3H3,(H,25,29)(H2,24,26,27,28). The SMILES string of the molecule is C=CC(=O)Nc1cccc(Nc2nc(Nc3ccc(OCCOC)cc3)ncc2C)c1. The van der Waals surface area contributed by atoms with E-state index in [2.05, 4.69) is 32.5 Å². The summed E-state index contributed by atoms with van der Waals surface area (Å²) in [4.78, 5) is 20.4. The van der Waals surface area contributed by atoms with Crippen LogP contribution in [0, 0.1) is 6.92 Å². The largest absolute Gasteiger partial charge is 0.491 e. The molecule has 3 rings (SSSR count). The number of aryl methyl sites for hydroxylation is 1. The molecule has 0 aliphatic rings. The van der Waals surface area contributed by atoms with Gasteiger partial charge in [-0.1, -0.05) is 12.6 Å². The number of ether oxygens (including phenoxy) is 2. The van der Waals surface area contributed by atoms with Crippen molar-refractivity contribution in [1.82, 2.24) is 9.97 Å². The van der Waals surface area contributed by atoms with Crippen molar-refractivity contribution in [2.45, 2.75) is 6.92 Å². The highest BCUT2D eigenvalue weighted by atomic mass is 16.5. The molecule has 0 aliphatic carbocycles. The van der Waals surface area contributed by atoms with Gasteiger partial charge in [-0.15, -0.1) is 0 Å². The summed E-state index contributed by atoms with van der Waals surface area (Å²) in [5.41, 5.74) is 3.16. The van der Waals surface area contributed by atoms with Crippen molar-refractivity contribution in [2.24, 2.45) is 0 Å². The first-order valence-electron chi connectivity index (χ1n) is 9.70. The number of anilines is 5. The maximum Gasteiger partial charge on any atom is 0.247 e. The summed E-state index contributed by atoms with van der Waals surface area (Å²) in [6, 6.07) is 14.9. The Bertz CT molecular complexity index is 1040. The highest BCUT2D eigenvalue weighted by Gasteiger charge is 2.07. The molecule has 0 saturated carbocycles. The predicted molar refractivity (Wildman–Crippen MR) is 122 cm³/mol. The number of rotatable bonds is 10. The molecule has 31 heavy (non-hydrogen) atoms. The van der Waals surface area contributed by atoms with Crippen LogP contribution in [0.15, 0.2) is 67.4 Å². The Kier molecular flexibility index (Phi) is 7.56. The van der Waals surface area contributed by atoms with Gasteiger partial charge in [-0.3, -0.25) is 4.79 Å². The summed E-state index contributed by atoms with van der Waals surface area (Å²) in [6.45, 7) is 6.41. The van der Waals surface area contributed by atoms with Crippen LogP contribution in [-0.2, 0) is 9.53 Å². The van der Waals surface area contributed by atoms with E-state index in [-0.39, 0.29) is 5.91 Å². The number of aromatic nitrogens is 2. The second-order valence-electron chi connectivity index (χ2n) is 6.62. The van der Waals surface area contributed by atoms with Crippen LogP contribution >= 0.6 is 0 Å². The minimum Gasteiger partial charge on any atom is -0.491 e. The molecular weight excluding hydrogens is 394 g/mol. The lowest BCUT2D eigenvalue weighted by molar-refractivity contribution is -0.111. The van der Waals surface area contributed by atoms with Gasteiger partial charge < -0.3 is 25.4 Å². The molecular formula is C23H25N5O3. The number of methoxy groups -OCH3 is 1. The zero-order valence-electron chi connectivity index (χ0n) is 17.5. The Hall–Kier alpha value is -3.91. The first-order chi connectivity index (χ1) is 15.1. The van der Waals surface area contributed by atoms with Crippen molar-refractivity contribution < 1.29 is 14.3 Å². The number of benzene rings is 2. The second-order valence-corrected chi connectivity index (χ2v) is 6.62. The molecule has 0 atom stereocenters. The van der Waals surface area contributed by atoms with Crippen LogP contribution in [-0.4, -0.2) is 36.2 Å². The molecule has 160 valence electrons. The first kappa shape index (κ1) is 21.8. The van der Waals surface area contributed by atoms with Gasteiger partial charge in [0.1, 0.15) is 18.2 Å². The molecule has 8 nitrogen and oxygen atoms in total. The van der Waals surface area contributed by atoms with Crippen LogP contribution in [0.1, 0.15) is 5.56 Å². The molecule has 0 fully saturated rings. The van der Waals surface area contributed by atoms with Crippen LogP contribution in [0.4, 0.5) is 28.8 Å². The third-order valence-electron chi connectivity index (χ3n) is 4.22. The minimum atomic E-state index is -0.267. The highest BCUT2D eigenvalue weighted by Crippen LogP contribution is 2.23. The average Bonchev–Trinajstić information content (AvgIpc) is 2.77. The zero-order valence-corrected chi connectivity index (χ0v) is 17.5. The smallest absolute Gasteiger partial charge is 0.247 e. The molecule has 0 saturated heterocycles. The van der Waals surface area contributed by atoms with Gasteiger partial charge in [0.05, 0.1) is 6.61 Å². The molecule has 1 amide bonds. The van der Waals surface area contributed by atoms with Gasteiger partial charge in [-0.05, 0) is 55.5 Å². The summed E-state index contributed by atoms with van der Waals surface area (Å²) in [5.74, 6) is 1.61. The van der Waals surface area contributed by atoms with Gasteiger partial charge in [-0.2, -0.15) is 4.98 Å². The van der Waals surface area contributed by atoms with Crippen molar-refractivity contribution in [3.05, 3.63) is 72.9 Å². The van der Waals surface area contributed by atoms with Gasteiger partial charge in [0.15, 0.2) is 0 Å². The molecule has 1 aromatic heterocycles. The Morgan fingerprint density at radius 1 is 1.06 bits per heavy atom. The van der Waals surface area contributed by atoms with E-state index in [4.69, 9.17) is 9.47 Å². The molecule has 0 radical (unpaired) electrons. The molecule has 0 bridgehead atoms. The number of nitrogens with zero attached hydrogens (tertiary/aromatic N) is 2. The van der Waals surface area contributed by atoms with E-state index in [1.165, 1.54) is 6.08 Å². The van der Waals surface area contributed by atoms with E-state index >= 15 is 0 Å². The van der Waals surface area contributed by atoms with E-state index in [9.17, 15) is 4.79 Å². The van der Waals surface area contributed by atoms with Crippen molar-refractivity contribution in [3.8, 4) is 5.75 Å². The Morgan fingerprint density at radius 3 is 2.58 bits per heavy atom. The van der Waals surface area contributed by atoms with Crippen LogP contribution in [0.5, 0.6) is 5.75 Å². The lowest BCUT2D eigenvalue weighted by atomic mass is 10.2. The summed E-state index contributed by atoms with van der Waals surface area (Å²) < 4.78 is 10.5. The van der Waals surface area contributed by atoms with Crippen LogP contribution in [0.3, 0.4) is 0 Å². The molecule has 3 N–H and O–H groups in total. The molecule has 1 heterocycles. The summed E-state index contributed by atoms with van der Waals surface area (Å²) in [5, 5.41) is 9.19. The van der Waals surface area contributed by atoms with Crippen molar-refractivity contribution in [2.75, 3.05) is 36.3 Å². The van der Waals surface area contributed by atoms with Gasteiger partial charge in [0, 0.05) is 35.9 Å². The maximum atomic E-state index is 11.5. The van der Waals surface area contributed by atoms with E-state index in [1.54, 1.807) is 19.4 Å². The number of hydrogen-bond donors (Lipinski definition) is 3. The Balaban J connectivity index is 1.68. The Morgan fingerprint density at radius 2 is 1.84 bits per heavy atom. The topological polar surface area (TPSA) is 97.4 Å². The summed E-state index contributed by atoms with van der Waals surface area (Å²) in [7, 11) is 1.64. The number of nitrogens with one attached hydrogen (secondary N) is 3. The zero-order chi connectivity index (χ0) is 22.1. The van der Waals surface area contributed by atoms with E-state index in [0.717, 1.165) is 22.7 Å². The average molecular weight is 419 g/mol. The molecule has 2 aromatic carbocycles. The molecule has 0 aliphatic heterocycles. The minimum absolute atomic E-state index is 0.267. The third kappa shape index (κ3) is 6.55. The van der Waals surface area contributed by atoms with Crippen LogP contribution < -0.4 is 20.7 Å². The fourth-order valence-corrected chi connectivity index (χ4v) is 2.64. The van der Waals surface area contributed by atoms with Crippen molar-refractivity contribution in [1.29, 1.82) is 0 Å². The maximum absolute atomic E-state index is 11.5. The van der Waals surface area contributed by atoms with Gasteiger partial charge in [-0.25, -0.2) is 4.98 Å². The quantitative estimate of drug-likeness (QED) is 0.330. The summed E-state index contributed by atoms with van der Waals surface area (Å²) >= 11 is 0. The monoisotopic (exact) mass is 419 g/mol. The Labute approximate surface area is 181 Å². The van der Waals surface area contributed by atoms with Crippen molar-refractivity contribution >= 4 is 34.7 Å². The van der Waals surface area contributed by atoms with Crippen molar-refractivity contribution in [3.63, 3.8) is 0 Å². The predicted octanol–water partition coefficient (Wildman–Crippen LogP) is 4.42. The van der Waals surface area contributed by atoms with E-state index in [0.29, 0.717) is 30.7 Å². The first-order valence-corrected chi connectivity index (χ1v) is 9.70. The molecule has 3 aromatic rings. The third-order valence-corrected chi connectivity index (χ3v) is 4.22. The number of carbonyl (C=O) groups excluding carboxylic acids is 1. The number of carbonyl (C=O) groups is 1. The van der Waals surface area contributed by atoms with Crippen LogP contribution in [0.2, 0.25) is 0 Å². The molecule has 0 spiro atoms. The number of amides is 1. The fourth-order valence-electron chi connectivity index (χ4n) is 2.64. The second kappa shape index (κ2) is 10.7. The van der Waals surface area contributed by atoms with Gasteiger partial charge >= 0.3 is 0 Å². The lowest BCUT2D eigenvalue weighted by Gasteiger charge is -2.12. The molecule has 0 unspecified atom stereocenters. The van der Waals surface area contributed by atoms with E-state index < -0.39 is 0 Å². The lowest BCUT2D eigenvalue weighted by Crippen LogP contribution is -2.07. The fraction of sp³-hybridized carbons (Fsp3) is 0.174. The van der Waals surface area contributed by atoms with Gasteiger partial charge in [0.2, 0.25) is 11.9 Å². The highest BCUT2D eigenvalue weighted by molar-refractivity contribution is 5.99. The number of hydrogen-bond acceptors (Lipinski definition) is 7. The normalized spacial score (nSPS) is 10.3. The summed E-state index contributed by atoms with van der Waals surface area (Å²) in [6.07, 6.45) is 2.97.